The maximum atomic E-state index is 9.99. The van der Waals surface area contributed by atoms with Gasteiger partial charge in [0.15, 0.2) is 0 Å². The van der Waals surface area contributed by atoms with Gasteiger partial charge in [0.05, 0.1) is 12.7 Å². The van der Waals surface area contributed by atoms with E-state index in [1.165, 1.54) is 0 Å². The van der Waals surface area contributed by atoms with E-state index in [0.717, 1.165) is 6.42 Å². The van der Waals surface area contributed by atoms with E-state index in [1.54, 1.807) is 0 Å². The van der Waals surface area contributed by atoms with Crippen molar-refractivity contribution in [3.63, 3.8) is 0 Å². The van der Waals surface area contributed by atoms with Gasteiger partial charge < -0.3 is 14.6 Å². The Morgan fingerprint density at radius 3 is 3.10 bits per heavy atom. The molecular weight excluding hydrogens is 136 g/mol. The minimum Gasteiger partial charge on any atom is -0.480 e. The number of carbonyl (C=O) groups is 1. The van der Waals surface area contributed by atoms with E-state index in [2.05, 4.69) is 0 Å². The van der Waals surface area contributed by atoms with Gasteiger partial charge in [-0.25, -0.2) is 4.79 Å². The van der Waals surface area contributed by atoms with Gasteiger partial charge in [-0.1, -0.05) is 0 Å². The SMILES string of the molecule is O=C(O)CO[C@H]1CCOC1. The van der Waals surface area contributed by atoms with Crippen LogP contribution in [0.25, 0.3) is 0 Å². The Balaban J connectivity index is 2.07. The van der Waals surface area contributed by atoms with Gasteiger partial charge in [-0.15, -0.1) is 0 Å². The van der Waals surface area contributed by atoms with Crippen LogP contribution in [-0.2, 0) is 14.3 Å². The third-order valence-corrected chi connectivity index (χ3v) is 1.33. The quantitative estimate of drug-likeness (QED) is 0.603. The van der Waals surface area contributed by atoms with E-state index < -0.39 is 5.97 Å². The van der Waals surface area contributed by atoms with Crippen molar-refractivity contribution >= 4 is 5.97 Å². The molecule has 0 radical (unpaired) electrons. The van der Waals surface area contributed by atoms with Crippen molar-refractivity contribution in [1.29, 1.82) is 0 Å². The van der Waals surface area contributed by atoms with Crippen LogP contribution < -0.4 is 0 Å². The Labute approximate surface area is 58.7 Å². The molecule has 4 nitrogen and oxygen atoms in total. The van der Waals surface area contributed by atoms with Crippen LogP contribution in [0.4, 0.5) is 0 Å². The highest BCUT2D eigenvalue weighted by molar-refractivity contribution is 5.68. The van der Waals surface area contributed by atoms with Gasteiger partial charge in [-0.3, -0.25) is 0 Å². The summed E-state index contributed by atoms with van der Waals surface area (Å²) in [4.78, 5) is 9.99. The molecule has 0 aromatic rings. The fraction of sp³-hybridized carbons (Fsp3) is 0.833. The van der Waals surface area contributed by atoms with Crippen LogP contribution in [-0.4, -0.2) is 37.0 Å². The van der Waals surface area contributed by atoms with Gasteiger partial charge >= 0.3 is 5.97 Å². The maximum Gasteiger partial charge on any atom is 0.329 e. The summed E-state index contributed by atoms with van der Waals surface area (Å²) in [6.45, 7) is 1.01. The molecular formula is C6H10O4. The molecule has 1 rings (SSSR count). The van der Waals surface area contributed by atoms with Crippen LogP contribution in [0.1, 0.15) is 6.42 Å². The van der Waals surface area contributed by atoms with E-state index in [4.69, 9.17) is 14.6 Å². The van der Waals surface area contributed by atoms with Gasteiger partial charge in [0.1, 0.15) is 6.61 Å². The Bertz CT molecular complexity index is 117. The molecule has 1 heterocycles. The van der Waals surface area contributed by atoms with Gasteiger partial charge in [0.2, 0.25) is 0 Å². The van der Waals surface area contributed by atoms with Crippen LogP contribution in [0.5, 0.6) is 0 Å². The molecule has 0 aromatic carbocycles. The molecule has 4 heteroatoms. The molecule has 1 fully saturated rings. The second-order valence-corrected chi connectivity index (χ2v) is 2.19. The van der Waals surface area contributed by atoms with Gasteiger partial charge in [0, 0.05) is 6.61 Å². The monoisotopic (exact) mass is 146 g/mol. The summed E-state index contributed by atoms with van der Waals surface area (Å²) in [7, 11) is 0. The van der Waals surface area contributed by atoms with E-state index in [-0.39, 0.29) is 12.7 Å². The van der Waals surface area contributed by atoms with Gasteiger partial charge in [-0.05, 0) is 6.42 Å². The van der Waals surface area contributed by atoms with E-state index >= 15 is 0 Å². The smallest absolute Gasteiger partial charge is 0.329 e. The number of aliphatic carboxylic acids is 1. The lowest BCUT2D eigenvalue weighted by Gasteiger charge is -2.05. The standard InChI is InChI=1S/C6H10O4/c7-6(8)4-10-5-1-2-9-3-5/h5H,1-4H2,(H,7,8)/t5-/m0/s1. The first-order valence-electron chi connectivity index (χ1n) is 3.20. The summed E-state index contributed by atoms with van der Waals surface area (Å²) in [5, 5.41) is 8.21. The lowest BCUT2D eigenvalue weighted by molar-refractivity contribution is -0.144. The molecule has 0 bridgehead atoms. The normalized spacial score (nSPS) is 25.0. The lowest BCUT2D eigenvalue weighted by atomic mass is 10.3. The Hall–Kier alpha value is -0.610. The minimum absolute atomic E-state index is 0.00361. The molecule has 0 aliphatic carbocycles. The molecule has 1 atom stereocenters. The van der Waals surface area contributed by atoms with Crippen LogP contribution >= 0.6 is 0 Å². The molecule has 0 unspecified atom stereocenters. The predicted octanol–water partition coefficient (Wildman–Crippen LogP) is -0.124. The highest BCUT2D eigenvalue weighted by Gasteiger charge is 2.16. The Morgan fingerprint density at radius 1 is 1.80 bits per heavy atom. The second-order valence-electron chi connectivity index (χ2n) is 2.19. The average Bonchev–Trinajstić information content (AvgIpc) is 2.34. The third-order valence-electron chi connectivity index (χ3n) is 1.33. The Morgan fingerprint density at radius 2 is 2.60 bits per heavy atom. The zero-order chi connectivity index (χ0) is 7.40. The Kier molecular flexibility index (Phi) is 2.65. The summed E-state index contributed by atoms with van der Waals surface area (Å²) in [6, 6.07) is 0. The van der Waals surface area contributed by atoms with Crippen LogP contribution in [0.3, 0.4) is 0 Å². The van der Waals surface area contributed by atoms with Crippen LogP contribution in [0.15, 0.2) is 0 Å². The lowest BCUT2D eigenvalue weighted by Crippen LogP contribution is -2.17. The number of hydrogen-bond acceptors (Lipinski definition) is 3. The first kappa shape index (κ1) is 7.50. The number of rotatable bonds is 3. The first-order chi connectivity index (χ1) is 4.79. The third kappa shape index (κ3) is 2.33. The van der Waals surface area contributed by atoms with Crippen molar-refractivity contribution in [1.82, 2.24) is 0 Å². The first-order valence-corrected chi connectivity index (χ1v) is 3.20. The number of carboxylic acid groups (broad SMARTS) is 1. The molecule has 0 saturated carbocycles. The number of ether oxygens (including phenoxy) is 2. The van der Waals surface area contributed by atoms with Crippen molar-refractivity contribution < 1.29 is 19.4 Å². The summed E-state index contributed by atoms with van der Waals surface area (Å²) in [6.07, 6.45) is 0.809. The van der Waals surface area contributed by atoms with E-state index in [1.807, 2.05) is 0 Å². The molecule has 1 aliphatic rings. The predicted molar refractivity (Wildman–Crippen MR) is 32.8 cm³/mol. The minimum atomic E-state index is -0.924. The second kappa shape index (κ2) is 3.53. The molecule has 58 valence electrons. The fourth-order valence-electron chi connectivity index (χ4n) is 0.833. The molecule has 0 aromatic heterocycles. The number of hydrogen-bond donors (Lipinski definition) is 1. The van der Waals surface area contributed by atoms with Crippen LogP contribution in [0.2, 0.25) is 0 Å². The summed E-state index contributed by atoms with van der Waals surface area (Å²) >= 11 is 0. The fourth-order valence-corrected chi connectivity index (χ4v) is 0.833. The molecule has 0 amide bonds. The van der Waals surface area contributed by atoms with Crippen molar-refractivity contribution in [3.05, 3.63) is 0 Å². The molecule has 1 aliphatic heterocycles. The zero-order valence-electron chi connectivity index (χ0n) is 5.58. The van der Waals surface area contributed by atoms with E-state index in [9.17, 15) is 4.79 Å². The highest BCUT2D eigenvalue weighted by Crippen LogP contribution is 2.07. The maximum absolute atomic E-state index is 9.99. The molecule has 10 heavy (non-hydrogen) atoms. The van der Waals surface area contributed by atoms with Gasteiger partial charge in [-0.2, -0.15) is 0 Å². The molecule has 1 saturated heterocycles. The van der Waals surface area contributed by atoms with Crippen molar-refractivity contribution in [2.45, 2.75) is 12.5 Å². The summed E-state index contributed by atoms with van der Waals surface area (Å²) in [5.74, 6) is -0.924. The average molecular weight is 146 g/mol. The molecule has 0 spiro atoms. The summed E-state index contributed by atoms with van der Waals surface area (Å²) < 4.78 is 9.91. The molecule has 1 N–H and O–H groups in total. The largest absolute Gasteiger partial charge is 0.480 e. The summed E-state index contributed by atoms with van der Waals surface area (Å²) in [5.41, 5.74) is 0. The topological polar surface area (TPSA) is 55.8 Å². The zero-order valence-corrected chi connectivity index (χ0v) is 5.58. The van der Waals surface area contributed by atoms with Crippen molar-refractivity contribution in [2.75, 3.05) is 19.8 Å². The highest BCUT2D eigenvalue weighted by atomic mass is 16.6. The van der Waals surface area contributed by atoms with Crippen molar-refractivity contribution in [2.24, 2.45) is 0 Å². The number of carboxylic acids is 1. The van der Waals surface area contributed by atoms with Crippen molar-refractivity contribution in [3.8, 4) is 0 Å². The van der Waals surface area contributed by atoms with Crippen LogP contribution in [0, 0.1) is 0 Å². The van der Waals surface area contributed by atoms with Gasteiger partial charge in [0.25, 0.3) is 0 Å². The van der Waals surface area contributed by atoms with E-state index in [0.29, 0.717) is 13.2 Å².